The van der Waals surface area contributed by atoms with E-state index >= 15 is 0 Å². The summed E-state index contributed by atoms with van der Waals surface area (Å²) in [5.41, 5.74) is 0. The van der Waals surface area contributed by atoms with Crippen molar-refractivity contribution in [2.45, 2.75) is 32.7 Å². The Morgan fingerprint density at radius 3 is 2.42 bits per heavy atom. The third kappa shape index (κ3) is 4.46. The number of carbonyl (C=O) groups is 2. The van der Waals surface area contributed by atoms with Crippen LogP contribution >= 0.6 is 0 Å². The van der Waals surface area contributed by atoms with E-state index in [2.05, 4.69) is 0 Å². The van der Waals surface area contributed by atoms with Crippen LogP contribution in [0.1, 0.15) is 26.7 Å². The maximum absolute atomic E-state index is 11.9. The molecule has 0 aromatic carbocycles. The number of amides is 1. The van der Waals surface area contributed by atoms with E-state index in [1.54, 1.807) is 13.8 Å². The van der Waals surface area contributed by atoms with Crippen LogP contribution in [0.15, 0.2) is 0 Å². The van der Waals surface area contributed by atoms with Crippen LogP contribution in [0.25, 0.3) is 0 Å². The fourth-order valence-electron chi connectivity index (χ4n) is 2.01. The topological polar surface area (TPSA) is 95.0 Å². The van der Waals surface area contributed by atoms with E-state index in [1.807, 2.05) is 0 Å². The molecule has 1 aliphatic heterocycles. The van der Waals surface area contributed by atoms with E-state index in [0.29, 0.717) is 13.0 Å². The van der Waals surface area contributed by atoms with Gasteiger partial charge in [-0.1, -0.05) is 0 Å². The van der Waals surface area contributed by atoms with Crippen molar-refractivity contribution in [1.82, 2.24) is 9.21 Å². The molecular weight excluding hydrogens is 272 g/mol. The Bertz CT molecular complexity index is 446. The second-order valence-electron chi connectivity index (χ2n) is 4.83. The number of sulfonamides is 1. The summed E-state index contributed by atoms with van der Waals surface area (Å²) < 4.78 is 24.4. The molecule has 19 heavy (non-hydrogen) atoms. The van der Waals surface area contributed by atoms with E-state index in [1.165, 1.54) is 9.21 Å². The average Bonchev–Trinajstić information content (AvgIpc) is 2.61. The quantitative estimate of drug-likeness (QED) is 0.727. The van der Waals surface area contributed by atoms with Crippen molar-refractivity contribution >= 4 is 21.9 Å². The van der Waals surface area contributed by atoms with Crippen LogP contribution in [0.4, 0.5) is 0 Å². The zero-order valence-electron chi connectivity index (χ0n) is 11.2. The van der Waals surface area contributed by atoms with E-state index in [4.69, 9.17) is 5.11 Å². The molecule has 8 heteroatoms. The van der Waals surface area contributed by atoms with Gasteiger partial charge in [-0.15, -0.1) is 0 Å². The molecule has 1 fully saturated rings. The van der Waals surface area contributed by atoms with E-state index in [0.717, 1.165) is 0 Å². The molecule has 0 bridgehead atoms. The van der Waals surface area contributed by atoms with Crippen molar-refractivity contribution in [1.29, 1.82) is 0 Å². The molecule has 0 atom stereocenters. The molecule has 1 rings (SSSR count). The van der Waals surface area contributed by atoms with E-state index in [9.17, 15) is 18.0 Å². The molecule has 1 heterocycles. The van der Waals surface area contributed by atoms with Crippen molar-refractivity contribution < 1.29 is 23.1 Å². The van der Waals surface area contributed by atoms with Gasteiger partial charge >= 0.3 is 5.97 Å². The summed E-state index contributed by atoms with van der Waals surface area (Å²) in [6, 6.07) is -0.223. The molecule has 0 radical (unpaired) electrons. The highest BCUT2D eigenvalue weighted by Gasteiger charge is 2.29. The molecule has 0 aliphatic carbocycles. The number of carboxylic acid groups (broad SMARTS) is 1. The summed E-state index contributed by atoms with van der Waals surface area (Å²) in [5, 5.41) is 8.74. The normalized spacial score (nSPS) is 18.7. The van der Waals surface area contributed by atoms with Gasteiger partial charge in [-0.3, -0.25) is 9.59 Å². The minimum Gasteiger partial charge on any atom is -0.480 e. The predicted octanol–water partition coefficient (Wildman–Crippen LogP) is -0.266. The van der Waals surface area contributed by atoms with Gasteiger partial charge in [-0.05, 0) is 20.3 Å². The van der Waals surface area contributed by atoms with Crippen LogP contribution in [-0.2, 0) is 19.6 Å². The molecule has 0 aromatic rings. The summed E-state index contributed by atoms with van der Waals surface area (Å²) in [4.78, 5) is 23.9. The first-order valence-corrected chi connectivity index (χ1v) is 7.84. The molecular formula is C11H20N2O5S. The van der Waals surface area contributed by atoms with Gasteiger partial charge in [0.05, 0.1) is 5.75 Å². The fourth-order valence-corrected chi connectivity index (χ4v) is 3.54. The first-order chi connectivity index (χ1) is 8.74. The summed E-state index contributed by atoms with van der Waals surface area (Å²) in [6.07, 6.45) is 0.601. The average molecular weight is 292 g/mol. The maximum Gasteiger partial charge on any atom is 0.323 e. The minimum atomic E-state index is -3.21. The Morgan fingerprint density at radius 1 is 1.37 bits per heavy atom. The summed E-state index contributed by atoms with van der Waals surface area (Å²) in [6.45, 7) is 3.67. The monoisotopic (exact) mass is 292 g/mol. The highest BCUT2D eigenvalue weighted by molar-refractivity contribution is 7.89. The molecule has 1 N–H and O–H groups in total. The summed E-state index contributed by atoms with van der Waals surface area (Å²) in [7, 11) is -3.21. The lowest BCUT2D eigenvalue weighted by molar-refractivity contribution is -0.145. The predicted molar refractivity (Wildman–Crippen MR) is 69.1 cm³/mol. The van der Waals surface area contributed by atoms with Crippen LogP contribution in [0.3, 0.4) is 0 Å². The number of carboxylic acids is 1. The van der Waals surface area contributed by atoms with Crippen molar-refractivity contribution in [2.24, 2.45) is 0 Å². The van der Waals surface area contributed by atoms with Gasteiger partial charge in [0.2, 0.25) is 15.9 Å². The first-order valence-electron chi connectivity index (χ1n) is 6.23. The van der Waals surface area contributed by atoms with Crippen molar-refractivity contribution in [3.05, 3.63) is 0 Å². The van der Waals surface area contributed by atoms with Crippen molar-refractivity contribution in [3.63, 3.8) is 0 Å². The number of rotatable bonds is 6. The van der Waals surface area contributed by atoms with Crippen LogP contribution in [-0.4, -0.2) is 66.0 Å². The first kappa shape index (κ1) is 15.9. The van der Waals surface area contributed by atoms with Gasteiger partial charge in [-0.25, -0.2) is 12.7 Å². The highest BCUT2D eigenvalue weighted by Crippen LogP contribution is 2.14. The number of hydrogen-bond acceptors (Lipinski definition) is 4. The zero-order chi connectivity index (χ0) is 14.6. The van der Waals surface area contributed by atoms with Gasteiger partial charge in [0.15, 0.2) is 0 Å². The zero-order valence-corrected chi connectivity index (χ0v) is 12.0. The van der Waals surface area contributed by atoms with Gasteiger partial charge in [0.25, 0.3) is 0 Å². The van der Waals surface area contributed by atoms with Crippen LogP contribution in [0.5, 0.6) is 0 Å². The molecule has 110 valence electrons. The number of aliphatic carboxylic acids is 1. The molecule has 1 saturated heterocycles. The lowest BCUT2D eigenvalue weighted by atomic mass is 10.2. The lowest BCUT2D eigenvalue weighted by Gasteiger charge is -2.25. The number of nitrogens with zero attached hydrogens (tertiary/aromatic N) is 2. The largest absolute Gasteiger partial charge is 0.480 e. The molecule has 0 saturated carbocycles. The number of hydrogen-bond donors (Lipinski definition) is 1. The van der Waals surface area contributed by atoms with Gasteiger partial charge in [0, 0.05) is 25.6 Å². The molecule has 0 unspecified atom stereocenters. The lowest BCUT2D eigenvalue weighted by Crippen LogP contribution is -2.42. The Kier molecular flexibility index (Phi) is 5.30. The summed E-state index contributed by atoms with van der Waals surface area (Å²) >= 11 is 0. The van der Waals surface area contributed by atoms with Crippen molar-refractivity contribution in [2.75, 3.05) is 25.4 Å². The Labute approximate surface area is 113 Å². The molecule has 1 amide bonds. The number of carbonyl (C=O) groups excluding carboxylic acids is 1. The molecule has 1 aliphatic rings. The molecule has 0 spiro atoms. The Morgan fingerprint density at radius 2 is 2.00 bits per heavy atom. The fraction of sp³-hybridized carbons (Fsp3) is 0.818. The maximum atomic E-state index is 11.9. The second-order valence-corrected chi connectivity index (χ2v) is 6.92. The smallest absolute Gasteiger partial charge is 0.323 e. The second kappa shape index (κ2) is 6.33. The van der Waals surface area contributed by atoms with Gasteiger partial charge in [0.1, 0.15) is 6.54 Å². The standard InChI is InChI=1S/C11H20N2O5S/c1-9(2)13(8-11(15)16)10(14)4-6-12-5-3-7-19(12,17)18/h9H,3-8H2,1-2H3,(H,15,16). The van der Waals surface area contributed by atoms with E-state index in [-0.39, 0.29) is 37.2 Å². The third-order valence-electron chi connectivity index (χ3n) is 3.03. The Hall–Kier alpha value is -1.15. The molecule has 0 aromatic heterocycles. The Balaban J connectivity index is 2.55. The van der Waals surface area contributed by atoms with E-state index < -0.39 is 16.0 Å². The van der Waals surface area contributed by atoms with Crippen LogP contribution in [0, 0.1) is 0 Å². The van der Waals surface area contributed by atoms with Gasteiger partial charge < -0.3 is 10.0 Å². The van der Waals surface area contributed by atoms with Gasteiger partial charge in [-0.2, -0.15) is 0 Å². The summed E-state index contributed by atoms with van der Waals surface area (Å²) in [5.74, 6) is -1.28. The third-order valence-corrected chi connectivity index (χ3v) is 4.98. The van der Waals surface area contributed by atoms with Crippen LogP contribution in [0.2, 0.25) is 0 Å². The molecule has 7 nitrogen and oxygen atoms in total. The van der Waals surface area contributed by atoms with Crippen LogP contribution < -0.4 is 0 Å². The SMILES string of the molecule is CC(C)N(CC(=O)O)C(=O)CCN1CCCS1(=O)=O. The minimum absolute atomic E-state index is 0.0185. The van der Waals surface area contributed by atoms with Crippen molar-refractivity contribution in [3.8, 4) is 0 Å². The highest BCUT2D eigenvalue weighted by atomic mass is 32.2.